The minimum absolute atomic E-state index is 0. The van der Waals surface area contributed by atoms with Crippen molar-refractivity contribution in [2.45, 2.75) is 6.42 Å². The molecular formula is C18H18ClN3O. The lowest BCUT2D eigenvalue weighted by atomic mass is 10.1. The van der Waals surface area contributed by atoms with Crippen LogP contribution in [0.3, 0.4) is 0 Å². The molecule has 0 saturated carbocycles. The molecular weight excluding hydrogens is 310 g/mol. The van der Waals surface area contributed by atoms with E-state index >= 15 is 0 Å². The number of hydrogen-bond acceptors (Lipinski definition) is 4. The van der Waals surface area contributed by atoms with Gasteiger partial charge in [-0.1, -0.05) is 30.3 Å². The summed E-state index contributed by atoms with van der Waals surface area (Å²) in [4.78, 5) is 8.94. The second-order valence-electron chi connectivity index (χ2n) is 4.98. The second-order valence-corrected chi connectivity index (χ2v) is 4.98. The van der Waals surface area contributed by atoms with Crippen LogP contribution in [0.5, 0.6) is 5.75 Å². The van der Waals surface area contributed by atoms with Gasteiger partial charge in [-0.3, -0.25) is 0 Å². The normalized spacial score (nSPS) is 9.96. The first kappa shape index (κ1) is 16.8. The third kappa shape index (κ3) is 3.99. The molecule has 1 heterocycles. The summed E-state index contributed by atoms with van der Waals surface area (Å²) < 4.78 is 5.17. The highest BCUT2D eigenvalue weighted by molar-refractivity contribution is 5.85. The van der Waals surface area contributed by atoms with Crippen LogP contribution >= 0.6 is 12.4 Å². The molecule has 1 aromatic heterocycles. The highest BCUT2D eigenvalue weighted by Crippen LogP contribution is 2.22. The number of nitrogens with zero attached hydrogens (tertiary/aromatic N) is 2. The number of halogens is 1. The minimum atomic E-state index is 0. The van der Waals surface area contributed by atoms with Gasteiger partial charge in [-0.05, 0) is 29.8 Å². The van der Waals surface area contributed by atoms with Gasteiger partial charge in [0.2, 0.25) is 0 Å². The molecule has 3 aromatic rings. The molecule has 0 aliphatic heterocycles. The molecule has 5 heteroatoms. The van der Waals surface area contributed by atoms with Crippen molar-refractivity contribution in [1.29, 1.82) is 0 Å². The fraction of sp³-hybridized carbons (Fsp3) is 0.111. The maximum absolute atomic E-state index is 5.97. The van der Waals surface area contributed by atoms with Crippen LogP contribution in [0.1, 0.15) is 11.3 Å². The Morgan fingerprint density at radius 2 is 1.70 bits per heavy atom. The number of hydrogen-bond donors (Lipinski definition) is 1. The van der Waals surface area contributed by atoms with Gasteiger partial charge in [0.05, 0.1) is 24.7 Å². The van der Waals surface area contributed by atoms with Crippen molar-refractivity contribution >= 4 is 18.2 Å². The average Bonchev–Trinajstić information content (AvgIpc) is 2.58. The summed E-state index contributed by atoms with van der Waals surface area (Å²) in [5.74, 6) is 1.29. The standard InChI is InChI=1S/C18H17N3O.ClH/c1-22-15-9-7-14(8-10-15)17-12-20-18(19)16(21-17)11-13-5-3-2-4-6-13;/h2-10,12H,11H2,1H3,(H2,19,20);1H. The largest absolute Gasteiger partial charge is 0.497 e. The van der Waals surface area contributed by atoms with Crippen molar-refractivity contribution in [2.75, 3.05) is 12.8 Å². The van der Waals surface area contributed by atoms with E-state index in [2.05, 4.69) is 22.1 Å². The van der Waals surface area contributed by atoms with E-state index in [4.69, 9.17) is 10.5 Å². The van der Waals surface area contributed by atoms with Crippen LogP contribution in [0.15, 0.2) is 60.8 Å². The summed E-state index contributed by atoms with van der Waals surface area (Å²) in [5, 5.41) is 0. The topological polar surface area (TPSA) is 61.0 Å². The van der Waals surface area contributed by atoms with Gasteiger partial charge in [0.15, 0.2) is 0 Å². The number of methoxy groups -OCH3 is 1. The van der Waals surface area contributed by atoms with E-state index in [1.807, 2.05) is 42.5 Å². The maximum Gasteiger partial charge on any atom is 0.145 e. The van der Waals surface area contributed by atoms with E-state index in [0.29, 0.717) is 12.2 Å². The summed E-state index contributed by atoms with van der Waals surface area (Å²) in [5.41, 5.74) is 9.72. The predicted octanol–water partition coefficient (Wildman–Crippen LogP) is 3.75. The third-order valence-electron chi connectivity index (χ3n) is 3.48. The van der Waals surface area contributed by atoms with Gasteiger partial charge in [-0.15, -0.1) is 12.4 Å². The van der Waals surface area contributed by atoms with Crippen LogP contribution in [0.4, 0.5) is 5.82 Å². The number of ether oxygens (including phenoxy) is 1. The molecule has 0 atom stereocenters. The molecule has 3 rings (SSSR count). The molecule has 0 bridgehead atoms. The summed E-state index contributed by atoms with van der Waals surface area (Å²) >= 11 is 0. The van der Waals surface area contributed by atoms with E-state index < -0.39 is 0 Å². The lowest BCUT2D eigenvalue weighted by Gasteiger charge is -2.08. The minimum Gasteiger partial charge on any atom is -0.497 e. The number of anilines is 1. The zero-order chi connectivity index (χ0) is 15.4. The van der Waals surface area contributed by atoms with Crippen molar-refractivity contribution in [1.82, 2.24) is 9.97 Å². The van der Waals surface area contributed by atoms with Gasteiger partial charge in [0, 0.05) is 12.0 Å². The van der Waals surface area contributed by atoms with Crippen LogP contribution in [-0.4, -0.2) is 17.1 Å². The Labute approximate surface area is 141 Å². The molecule has 0 aliphatic carbocycles. The first-order valence-electron chi connectivity index (χ1n) is 7.06. The molecule has 2 N–H and O–H groups in total. The summed E-state index contributed by atoms with van der Waals surface area (Å²) in [6.45, 7) is 0. The first-order chi connectivity index (χ1) is 10.8. The predicted molar refractivity (Wildman–Crippen MR) is 94.9 cm³/mol. The van der Waals surface area contributed by atoms with E-state index in [-0.39, 0.29) is 12.4 Å². The first-order valence-corrected chi connectivity index (χ1v) is 7.06. The van der Waals surface area contributed by atoms with Gasteiger partial charge < -0.3 is 10.5 Å². The monoisotopic (exact) mass is 327 g/mol. The molecule has 0 unspecified atom stereocenters. The Hall–Kier alpha value is -2.59. The van der Waals surface area contributed by atoms with Gasteiger partial charge >= 0.3 is 0 Å². The molecule has 0 amide bonds. The molecule has 23 heavy (non-hydrogen) atoms. The van der Waals surface area contributed by atoms with E-state index in [0.717, 1.165) is 28.3 Å². The highest BCUT2D eigenvalue weighted by atomic mass is 35.5. The van der Waals surface area contributed by atoms with Crippen LogP contribution in [-0.2, 0) is 6.42 Å². The van der Waals surface area contributed by atoms with Gasteiger partial charge in [-0.2, -0.15) is 0 Å². The summed E-state index contributed by atoms with van der Waals surface area (Å²) in [6.07, 6.45) is 2.37. The molecule has 118 valence electrons. The molecule has 0 radical (unpaired) electrons. The van der Waals surface area contributed by atoms with Crippen LogP contribution in [0.25, 0.3) is 11.3 Å². The van der Waals surface area contributed by atoms with E-state index in [9.17, 15) is 0 Å². The molecule has 0 aliphatic rings. The quantitative estimate of drug-likeness (QED) is 0.792. The molecule has 0 saturated heterocycles. The zero-order valence-corrected chi connectivity index (χ0v) is 13.6. The summed E-state index contributed by atoms with van der Waals surface area (Å²) in [6, 6.07) is 17.9. The third-order valence-corrected chi connectivity index (χ3v) is 3.48. The van der Waals surface area contributed by atoms with Crippen LogP contribution in [0, 0.1) is 0 Å². The van der Waals surface area contributed by atoms with Gasteiger partial charge in [-0.25, -0.2) is 9.97 Å². The van der Waals surface area contributed by atoms with Crippen molar-refractivity contribution < 1.29 is 4.74 Å². The Kier molecular flexibility index (Phi) is 5.55. The smallest absolute Gasteiger partial charge is 0.145 e. The number of rotatable bonds is 4. The number of aromatic nitrogens is 2. The highest BCUT2D eigenvalue weighted by Gasteiger charge is 2.08. The fourth-order valence-corrected chi connectivity index (χ4v) is 2.26. The Bertz CT molecular complexity index is 761. The van der Waals surface area contributed by atoms with E-state index in [1.165, 1.54) is 0 Å². The zero-order valence-electron chi connectivity index (χ0n) is 12.8. The van der Waals surface area contributed by atoms with Crippen molar-refractivity contribution in [3.63, 3.8) is 0 Å². The van der Waals surface area contributed by atoms with Crippen molar-refractivity contribution in [3.05, 3.63) is 72.1 Å². The van der Waals surface area contributed by atoms with Gasteiger partial charge in [0.25, 0.3) is 0 Å². The van der Waals surface area contributed by atoms with Gasteiger partial charge in [0.1, 0.15) is 11.6 Å². The SMILES string of the molecule is COc1ccc(-c2cnc(N)c(Cc3ccccc3)n2)cc1.Cl. The Morgan fingerprint density at radius 1 is 1.00 bits per heavy atom. The number of nitrogen functional groups attached to an aromatic ring is 1. The maximum atomic E-state index is 5.97. The lowest BCUT2D eigenvalue weighted by Crippen LogP contribution is -2.03. The average molecular weight is 328 g/mol. The van der Waals surface area contributed by atoms with Crippen LogP contribution < -0.4 is 10.5 Å². The van der Waals surface area contributed by atoms with E-state index in [1.54, 1.807) is 13.3 Å². The number of benzene rings is 2. The molecule has 0 fully saturated rings. The fourth-order valence-electron chi connectivity index (χ4n) is 2.26. The Balaban J connectivity index is 0.00000192. The van der Waals surface area contributed by atoms with Crippen molar-refractivity contribution in [2.24, 2.45) is 0 Å². The van der Waals surface area contributed by atoms with Crippen molar-refractivity contribution in [3.8, 4) is 17.0 Å². The number of nitrogens with two attached hydrogens (primary N) is 1. The second kappa shape index (κ2) is 7.61. The molecule has 0 spiro atoms. The lowest BCUT2D eigenvalue weighted by molar-refractivity contribution is 0.415. The Morgan fingerprint density at radius 3 is 2.35 bits per heavy atom. The molecule has 2 aromatic carbocycles. The molecule has 4 nitrogen and oxygen atoms in total. The summed E-state index contributed by atoms with van der Waals surface area (Å²) in [7, 11) is 1.65. The van der Waals surface area contributed by atoms with Crippen LogP contribution in [0.2, 0.25) is 0 Å².